The molecule has 2 atom stereocenters. The van der Waals surface area contributed by atoms with Crippen LogP contribution >= 0.6 is 11.8 Å². The van der Waals surface area contributed by atoms with Crippen LogP contribution in [0.25, 0.3) is 0 Å². The molecule has 2 aliphatic heterocycles. The minimum absolute atomic E-state index is 0.0430. The van der Waals surface area contributed by atoms with Gasteiger partial charge in [-0.2, -0.15) is 11.8 Å². The van der Waals surface area contributed by atoms with E-state index >= 15 is 0 Å². The van der Waals surface area contributed by atoms with Crippen molar-refractivity contribution in [3.05, 3.63) is 0 Å². The van der Waals surface area contributed by atoms with Gasteiger partial charge in [0.05, 0.1) is 6.04 Å². The van der Waals surface area contributed by atoms with Crippen LogP contribution in [0.15, 0.2) is 0 Å². The van der Waals surface area contributed by atoms with Crippen LogP contribution in [0.3, 0.4) is 0 Å². The van der Waals surface area contributed by atoms with E-state index in [4.69, 9.17) is 0 Å². The first-order valence-electron chi connectivity index (χ1n) is 10.5. The Morgan fingerprint density at radius 3 is 2.08 bits per heavy atom. The van der Waals surface area contributed by atoms with Gasteiger partial charge in [-0.3, -0.25) is 14.5 Å². The molecule has 0 aromatic carbocycles. The van der Waals surface area contributed by atoms with E-state index in [2.05, 4.69) is 16.7 Å². The van der Waals surface area contributed by atoms with E-state index in [1.807, 2.05) is 23.6 Å². The van der Waals surface area contributed by atoms with Gasteiger partial charge in [0.15, 0.2) is 0 Å². The number of nitrogens with zero attached hydrogens (tertiary/aromatic N) is 3. The summed E-state index contributed by atoms with van der Waals surface area (Å²) < 4.78 is 0. The first kappa shape index (κ1) is 20.0. The van der Waals surface area contributed by atoms with E-state index in [9.17, 15) is 9.59 Å². The largest absolute Gasteiger partial charge is 0.340 e. The third kappa shape index (κ3) is 4.56. The topological polar surface area (TPSA) is 43.9 Å². The number of amides is 2. The summed E-state index contributed by atoms with van der Waals surface area (Å²) in [6, 6.07) is 0.0430. The lowest BCUT2D eigenvalue weighted by Crippen LogP contribution is -2.59. The van der Waals surface area contributed by atoms with E-state index in [0.717, 1.165) is 57.2 Å². The normalized spacial score (nSPS) is 25.3. The number of thioether (sulfide) groups is 1. The summed E-state index contributed by atoms with van der Waals surface area (Å²) >= 11 is 1.95. The van der Waals surface area contributed by atoms with Crippen LogP contribution in [0.2, 0.25) is 0 Å². The SMILES string of the molecule is CC[C@H](C)C(=O)N1CCN([C@H](C(=O)N2CCSCC2)C2CCCC2)CC1. The molecule has 5 nitrogen and oxygen atoms in total. The fraction of sp³-hybridized carbons (Fsp3) is 0.900. The minimum Gasteiger partial charge on any atom is -0.340 e. The lowest BCUT2D eigenvalue weighted by molar-refractivity contribution is -0.142. The number of carbonyl (C=O) groups excluding carboxylic acids is 2. The van der Waals surface area contributed by atoms with E-state index in [1.54, 1.807) is 0 Å². The number of rotatable bonds is 5. The van der Waals surface area contributed by atoms with Crippen LogP contribution in [0.4, 0.5) is 0 Å². The molecule has 2 heterocycles. The van der Waals surface area contributed by atoms with Crippen molar-refractivity contribution in [2.45, 2.75) is 52.0 Å². The Hall–Kier alpha value is -0.750. The summed E-state index contributed by atoms with van der Waals surface area (Å²) in [5, 5.41) is 0. The molecular formula is C20H35N3O2S. The van der Waals surface area contributed by atoms with Gasteiger partial charge in [0.25, 0.3) is 0 Å². The third-order valence-electron chi connectivity index (χ3n) is 6.48. The van der Waals surface area contributed by atoms with Gasteiger partial charge < -0.3 is 9.80 Å². The minimum atomic E-state index is 0.0430. The summed E-state index contributed by atoms with van der Waals surface area (Å²) in [5.41, 5.74) is 0. The van der Waals surface area contributed by atoms with Crippen LogP contribution in [-0.2, 0) is 9.59 Å². The first-order chi connectivity index (χ1) is 12.6. The van der Waals surface area contributed by atoms with Crippen molar-refractivity contribution in [2.75, 3.05) is 50.8 Å². The van der Waals surface area contributed by atoms with Gasteiger partial charge in [0.2, 0.25) is 11.8 Å². The maximum absolute atomic E-state index is 13.3. The Balaban J connectivity index is 1.64. The highest BCUT2D eigenvalue weighted by Gasteiger charge is 2.39. The second-order valence-electron chi connectivity index (χ2n) is 8.10. The average molecular weight is 382 g/mol. The summed E-state index contributed by atoms with van der Waals surface area (Å²) in [6.07, 6.45) is 5.79. The van der Waals surface area contributed by atoms with Crippen LogP contribution < -0.4 is 0 Å². The Kier molecular flexibility index (Phi) is 7.27. The van der Waals surface area contributed by atoms with Crippen molar-refractivity contribution in [1.29, 1.82) is 0 Å². The fourth-order valence-electron chi connectivity index (χ4n) is 4.61. The molecule has 2 saturated heterocycles. The van der Waals surface area contributed by atoms with E-state index in [-0.39, 0.29) is 17.9 Å². The van der Waals surface area contributed by atoms with Gasteiger partial charge in [-0.15, -0.1) is 0 Å². The Morgan fingerprint density at radius 2 is 1.50 bits per heavy atom. The number of piperazine rings is 1. The highest BCUT2D eigenvalue weighted by molar-refractivity contribution is 7.99. The first-order valence-corrected chi connectivity index (χ1v) is 11.7. The van der Waals surface area contributed by atoms with Crippen molar-refractivity contribution in [1.82, 2.24) is 14.7 Å². The molecule has 3 fully saturated rings. The molecule has 0 bridgehead atoms. The molecule has 3 rings (SSSR count). The van der Waals surface area contributed by atoms with Gasteiger partial charge in [-0.25, -0.2) is 0 Å². The summed E-state index contributed by atoms with van der Waals surface area (Å²) in [6.45, 7) is 9.14. The highest BCUT2D eigenvalue weighted by Crippen LogP contribution is 2.32. The van der Waals surface area contributed by atoms with Gasteiger partial charge in [0.1, 0.15) is 0 Å². The molecule has 2 amide bonds. The van der Waals surface area contributed by atoms with Crippen molar-refractivity contribution in [3.63, 3.8) is 0 Å². The maximum atomic E-state index is 13.3. The Morgan fingerprint density at radius 1 is 0.923 bits per heavy atom. The lowest BCUT2D eigenvalue weighted by atomic mass is 9.94. The molecule has 0 aromatic rings. The second-order valence-corrected chi connectivity index (χ2v) is 9.32. The van der Waals surface area contributed by atoms with Crippen LogP contribution in [-0.4, -0.2) is 83.3 Å². The molecule has 148 valence electrons. The Labute approximate surface area is 162 Å². The van der Waals surface area contributed by atoms with Crippen LogP contribution in [0, 0.1) is 11.8 Å². The van der Waals surface area contributed by atoms with Crippen molar-refractivity contribution >= 4 is 23.6 Å². The van der Waals surface area contributed by atoms with Crippen LogP contribution in [0.1, 0.15) is 46.0 Å². The molecule has 0 aromatic heterocycles. The van der Waals surface area contributed by atoms with Crippen molar-refractivity contribution < 1.29 is 9.59 Å². The monoisotopic (exact) mass is 381 g/mol. The molecule has 26 heavy (non-hydrogen) atoms. The van der Waals surface area contributed by atoms with Crippen molar-refractivity contribution in [2.24, 2.45) is 11.8 Å². The molecule has 0 N–H and O–H groups in total. The summed E-state index contributed by atoms with van der Waals surface area (Å²) in [4.78, 5) is 32.3. The maximum Gasteiger partial charge on any atom is 0.240 e. The van der Waals surface area contributed by atoms with Gasteiger partial charge in [-0.05, 0) is 25.2 Å². The van der Waals surface area contributed by atoms with Crippen molar-refractivity contribution in [3.8, 4) is 0 Å². The highest BCUT2D eigenvalue weighted by atomic mass is 32.2. The number of hydrogen-bond donors (Lipinski definition) is 0. The molecule has 0 radical (unpaired) electrons. The molecule has 1 aliphatic carbocycles. The number of carbonyl (C=O) groups is 2. The zero-order chi connectivity index (χ0) is 18.5. The quantitative estimate of drug-likeness (QED) is 0.733. The lowest BCUT2D eigenvalue weighted by Gasteiger charge is -2.43. The second kappa shape index (κ2) is 9.45. The molecular weight excluding hydrogens is 346 g/mol. The molecule has 3 aliphatic rings. The van der Waals surface area contributed by atoms with Gasteiger partial charge in [-0.1, -0.05) is 26.7 Å². The van der Waals surface area contributed by atoms with E-state index < -0.39 is 0 Å². The smallest absolute Gasteiger partial charge is 0.240 e. The van der Waals surface area contributed by atoms with E-state index in [0.29, 0.717) is 11.8 Å². The third-order valence-corrected chi connectivity index (χ3v) is 7.42. The molecule has 0 spiro atoms. The molecule has 1 saturated carbocycles. The average Bonchev–Trinajstić information content (AvgIpc) is 3.22. The zero-order valence-corrected chi connectivity index (χ0v) is 17.3. The summed E-state index contributed by atoms with van der Waals surface area (Å²) in [7, 11) is 0. The van der Waals surface area contributed by atoms with Gasteiger partial charge >= 0.3 is 0 Å². The molecule has 0 unspecified atom stereocenters. The summed E-state index contributed by atoms with van der Waals surface area (Å²) in [5.74, 6) is 3.40. The standard InChI is InChI=1S/C20H35N3O2S/c1-3-16(2)19(24)22-10-8-21(9-11-22)18(17-6-4-5-7-17)20(25)23-12-14-26-15-13-23/h16-18H,3-15H2,1-2H3/t16-,18-/m0/s1. The van der Waals surface area contributed by atoms with E-state index in [1.165, 1.54) is 25.7 Å². The Bertz CT molecular complexity index is 481. The fourth-order valence-corrected chi connectivity index (χ4v) is 5.51. The number of hydrogen-bond acceptors (Lipinski definition) is 4. The molecule has 6 heteroatoms. The predicted molar refractivity (Wildman–Crippen MR) is 107 cm³/mol. The predicted octanol–water partition coefficient (Wildman–Crippen LogP) is 2.31. The zero-order valence-electron chi connectivity index (χ0n) is 16.5. The van der Waals surface area contributed by atoms with Crippen LogP contribution in [0.5, 0.6) is 0 Å². The van der Waals surface area contributed by atoms with Gasteiger partial charge in [0, 0.05) is 56.7 Å².